The topological polar surface area (TPSA) is 40.7 Å². The number of H-pyrrole nitrogens is 1. The van der Waals surface area contributed by atoms with Crippen molar-refractivity contribution < 1.29 is 0 Å². The van der Waals surface area contributed by atoms with E-state index in [9.17, 15) is 0 Å². The van der Waals surface area contributed by atoms with Crippen LogP contribution in [0.3, 0.4) is 0 Å². The molecule has 1 aromatic rings. The molecule has 0 aliphatic heterocycles. The number of rotatable bonds is 6. The monoisotopic (exact) mass is 181 g/mol. The third-order valence-electron chi connectivity index (χ3n) is 2.07. The van der Waals surface area contributed by atoms with Crippen LogP contribution < -0.4 is 5.32 Å². The van der Waals surface area contributed by atoms with Gasteiger partial charge in [0.05, 0.1) is 5.69 Å². The fourth-order valence-electron chi connectivity index (χ4n) is 1.21. The Morgan fingerprint density at radius 1 is 1.46 bits per heavy atom. The summed E-state index contributed by atoms with van der Waals surface area (Å²) >= 11 is 0. The largest absolute Gasteiger partial charge is 0.311 e. The molecule has 0 bridgehead atoms. The van der Waals surface area contributed by atoms with Gasteiger partial charge in [-0.25, -0.2) is 0 Å². The van der Waals surface area contributed by atoms with Crippen LogP contribution in [0.1, 0.15) is 38.1 Å². The summed E-state index contributed by atoms with van der Waals surface area (Å²) < 4.78 is 0. The van der Waals surface area contributed by atoms with Gasteiger partial charge in [0.25, 0.3) is 0 Å². The highest BCUT2D eigenvalue weighted by Crippen LogP contribution is 1.99. The molecule has 1 rings (SSSR count). The van der Waals surface area contributed by atoms with Crippen LogP contribution in [-0.2, 0) is 13.0 Å². The summed E-state index contributed by atoms with van der Waals surface area (Å²) in [6, 6.07) is 2.12. The molecule has 0 unspecified atom stereocenters. The summed E-state index contributed by atoms with van der Waals surface area (Å²) in [4.78, 5) is 0. The molecule has 0 aliphatic rings. The fraction of sp³-hybridized carbons (Fsp3) is 0.700. The van der Waals surface area contributed by atoms with E-state index >= 15 is 0 Å². The predicted molar refractivity (Wildman–Crippen MR) is 54.6 cm³/mol. The molecule has 3 nitrogen and oxygen atoms in total. The van der Waals surface area contributed by atoms with Crippen molar-refractivity contribution in [1.29, 1.82) is 0 Å². The zero-order chi connectivity index (χ0) is 9.52. The van der Waals surface area contributed by atoms with E-state index in [0.29, 0.717) is 0 Å². The minimum absolute atomic E-state index is 0.910. The van der Waals surface area contributed by atoms with Gasteiger partial charge in [-0.15, -0.1) is 0 Å². The lowest BCUT2D eigenvalue weighted by molar-refractivity contribution is 0.632. The number of hydrogen-bond donors (Lipinski definition) is 2. The highest BCUT2D eigenvalue weighted by atomic mass is 15.1. The molecule has 0 atom stereocenters. The molecule has 13 heavy (non-hydrogen) atoms. The molecule has 0 aliphatic carbocycles. The normalized spacial score (nSPS) is 10.6. The van der Waals surface area contributed by atoms with Gasteiger partial charge in [-0.3, -0.25) is 5.10 Å². The molecule has 0 aromatic carbocycles. The summed E-state index contributed by atoms with van der Waals surface area (Å²) in [7, 11) is 0. The Labute approximate surface area is 79.9 Å². The SMILES string of the molecule is CCCCNCc1cc(CC)n[nH]1. The molecule has 0 saturated heterocycles. The second kappa shape index (κ2) is 5.75. The molecule has 0 radical (unpaired) electrons. The second-order valence-corrected chi connectivity index (χ2v) is 3.27. The maximum Gasteiger partial charge on any atom is 0.0622 e. The Balaban J connectivity index is 2.20. The number of nitrogens with zero attached hydrogens (tertiary/aromatic N) is 1. The molecule has 1 heterocycles. The van der Waals surface area contributed by atoms with Crippen LogP contribution in [0.4, 0.5) is 0 Å². The molecular formula is C10H19N3. The minimum atomic E-state index is 0.910. The smallest absolute Gasteiger partial charge is 0.0622 e. The first-order valence-electron chi connectivity index (χ1n) is 5.10. The quantitative estimate of drug-likeness (QED) is 0.658. The van der Waals surface area contributed by atoms with Gasteiger partial charge in [0.15, 0.2) is 0 Å². The van der Waals surface area contributed by atoms with Gasteiger partial charge in [-0.05, 0) is 25.5 Å². The van der Waals surface area contributed by atoms with Crippen LogP contribution in [0.25, 0.3) is 0 Å². The summed E-state index contributed by atoms with van der Waals surface area (Å²) in [5.41, 5.74) is 2.33. The third-order valence-corrected chi connectivity index (χ3v) is 2.07. The Morgan fingerprint density at radius 3 is 2.92 bits per heavy atom. The van der Waals surface area contributed by atoms with Crippen molar-refractivity contribution in [1.82, 2.24) is 15.5 Å². The summed E-state index contributed by atoms with van der Waals surface area (Å²) in [6.07, 6.45) is 3.50. The Morgan fingerprint density at radius 2 is 2.31 bits per heavy atom. The molecule has 0 fully saturated rings. The average Bonchev–Trinajstić information content (AvgIpc) is 2.60. The zero-order valence-electron chi connectivity index (χ0n) is 8.56. The van der Waals surface area contributed by atoms with Crippen molar-refractivity contribution in [2.75, 3.05) is 6.54 Å². The maximum atomic E-state index is 4.17. The maximum absolute atomic E-state index is 4.17. The van der Waals surface area contributed by atoms with Gasteiger partial charge in [0.1, 0.15) is 0 Å². The second-order valence-electron chi connectivity index (χ2n) is 3.27. The van der Waals surface area contributed by atoms with E-state index in [1.807, 2.05) is 0 Å². The van der Waals surface area contributed by atoms with Gasteiger partial charge < -0.3 is 5.32 Å². The zero-order valence-corrected chi connectivity index (χ0v) is 8.56. The van der Waals surface area contributed by atoms with Gasteiger partial charge in [-0.1, -0.05) is 20.3 Å². The third kappa shape index (κ3) is 3.59. The first-order chi connectivity index (χ1) is 6.36. The van der Waals surface area contributed by atoms with E-state index in [1.54, 1.807) is 0 Å². The Kier molecular flexibility index (Phi) is 4.54. The van der Waals surface area contributed by atoms with Gasteiger partial charge in [0.2, 0.25) is 0 Å². The van der Waals surface area contributed by atoms with Gasteiger partial charge in [0, 0.05) is 12.2 Å². The van der Waals surface area contributed by atoms with E-state index in [-0.39, 0.29) is 0 Å². The lowest BCUT2D eigenvalue weighted by Crippen LogP contribution is -2.14. The standard InChI is InChI=1S/C10H19N3/c1-3-5-6-11-8-10-7-9(4-2)12-13-10/h7,11H,3-6,8H2,1-2H3,(H,12,13). The van der Waals surface area contributed by atoms with Gasteiger partial charge in [-0.2, -0.15) is 5.10 Å². The fourth-order valence-corrected chi connectivity index (χ4v) is 1.21. The average molecular weight is 181 g/mol. The number of nitrogens with one attached hydrogen (secondary N) is 2. The first kappa shape index (κ1) is 10.3. The molecule has 0 amide bonds. The summed E-state index contributed by atoms with van der Waals surface area (Å²) in [5.74, 6) is 0. The molecular weight excluding hydrogens is 162 g/mol. The van der Waals surface area contributed by atoms with E-state index in [4.69, 9.17) is 0 Å². The number of hydrogen-bond acceptors (Lipinski definition) is 2. The van der Waals surface area contributed by atoms with Crippen molar-refractivity contribution in [3.8, 4) is 0 Å². The van der Waals surface area contributed by atoms with Crippen LogP contribution in [0.2, 0.25) is 0 Å². The predicted octanol–water partition coefficient (Wildman–Crippen LogP) is 1.86. The van der Waals surface area contributed by atoms with Crippen LogP contribution in [0, 0.1) is 0 Å². The van der Waals surface area contributed by atoms with Crippen LogP contribution in [0.15, 0.2) is 6.07 Å². The van der Waals surface area contributed by atoms with Crippen LogP contribution in [0.5, 0.6) is 0 Å². The summed E-state index contributed by atoms with van der Waals surface area (Å²) in [5, 5.41) is 10.6. The van der Waals surface area contributed by atoms with E-state index in [1.165, 1.54) is 18.5 Å². The number of aromatic nitrogens is 2. The number of aryl methyl sites for hydroxylation is 1. The Hall–Kier alpha value is -0.830. The van der Waals surface area contributed by atoms with Crippen molar-refractivity contribution in [3.63, 3.8) is 0 Å². The molecule has 0 spiro atoms. The van der Waals surface area contributed by atoms with Crippen LogP contribution >= 0.6 is 0 Å². The molecule has 74 valence electrons. The van der Waals surface area contributed by atoms with E-state index in [2.05, 4.69) is 35.4 Å². The lowest BCUT2D eigenvalue weighted by atomic mass is 10.3. The molecule has 0 saturated carbocycles. The molecule has 2 N–H and O–H groups in total. The van der Waals surface area contributed by atoms with Crippen molar-refractivity contribution in [3.05, 3.63) is 17.5 Å². The van der Waals surface area contributed by atoms with E-state index < -0.39 is 0 Å². The Bertz CT molecular complexity index is 230. The minimum Gasteiger partial charge on any atom is -0.311 e. The number of unbranched alkanes of at least 4 members (excludes halogenated alkanes) is 1. The lowest BCUT2D eigenvalue weighted by Gasteiger charge is -1.99. The molecule has 3 heteroatoms. The highest BCUT2D eigenvalue weighted by Gasteiger charge is 1.97. The first-order valence-corrected chi connectivity index (χ1v) is 5.10. The summed E-state index contributed by atoms with van der Waals surface area (Å²) in [6.45, 7) is 6.32. The van der Waals surface area contributed by atoms with Crippen molar-refractivity contribution in [2.45, 2.75) is 39.7 Å². The highest BCUT2D eigenvalue weighted by molar-refractivity contribution is 5.07. The van der Waals surface area contributed by atoms with Crippen LogP contribution in [-0.4, -0.2) is 16.7 Å². The van der Waals surface area contributed by atoms with Crippen molar-refractivity contribution in [2.24, 2.45) is 0 Å². The molecule has 1 aromatic heterocycles. The van der Waals surface area contributed by atoms with Crippen molar-refractivity contribution >= 4 is 0 Å². The van der Waals surface area contributed by atoms with E-state index in [0.717, 1.165) is 25.2 Å². The number of aromatic amines is 1. The van der Waals surface area contributed by atoms with Gasteiger partial charge >= 0.3 is 0 Å².